The van der Waals surface area contributed by atoms with E-state index in [1.165, 1.54) is 4.90 Å². The molecule has 1 heterocycles. The first-order chi connectivity index (χ1) is 17.8. The monoisotopic (exact) mass is 585 g/mol. The van der Waals surface area contributed by atoms with Crippen LogP contribution < -0.4 is 5.32 Å². The van der Waals surface area contributed by atoms with Gasteiger partial charge in [0.15, 0.2) is 0 Å². The second kappa shape index (κ2) is 11.3. The molecule has 0 bridgehead atoms. The van der Waals surface area contributed by atoms with Crippen molar-refractivity contribution in [2.24, 2.45) is 5.92 Å². The number of benzene rings is 1. The zero-order chi connectivity index (χ0) is 29.5. The summed E-state index contributed by atoms with van der Waals surface area (Å²) >= 11 is 0. The Kier molecular flexibility index (Phi) is 9.00. The van der Waals surface area contributed by atoms with Gasteiger partial charge in [0.2, 0.25) is 5.91 Å². The molecule has 3 rings (SSSR count). The van der Waals surface area contributed by atoms with Crippen LogP contribution in [0.15, 0.2) is 18.2 Å². The lowest BCUT2D eigenvalue weighted by Crippen LogP contribution is -2.53. The Morgan fingerprint density at radius 3 is 2.10 bits per heavy atom. The highest BCUT2D eigenvalue weighted by Crippen LogP contribution is 2.37. The third-order valence-corrected chi connectivity index (χ3v) is 8.65. The summed E-state index contributed by atoms with van der Waals surface area (Å²) in [4.78, 5) is 29.6. The normalized spacial score (nSPS) is 25.0. The summed E-state index contributed by atoms with van der Waals surface area (Å²) in [6, 6.07) is -0.675. The van der Waals surface area contributed by atoms with Crippen molar-refractivity contribution in [2.75, 3.05) is 25.6 Å². The second-order valence-corrected chi connectivity index (χ2v) is 13.0. The Morgan fingerprint density at radius 1 is 1.05 bits per heavy atom. The van der Waals surface area contributed by atoms with Crippen LogP contribution in [0.3, 0.4) is 0 Å². The number of amides is 2. The van der Waals surface area contributed by atoms with E-state index < -0.39 is 62.8 Å². The number of carbonyl (C=O) groups is 2. The summed E-state index contributed by atoms with van der Waals surface area (Å²) in [7, 11) is -1.43. The first-order valence-corrected chi connectivity index (χ1v) is 14.6. The molecule has 2 aliphatic rings. The van der Waals surface area contributed by atoms with Gasteiger partial charge in [0.1, 0.15) is 15.9 Å². The van der Waals surface area contributed by atoms with Crippen LogP contribution in [0.1, 0.15) is 61.0 Å². The van der Waals surface area contributed by atoms with Crippen molar-refractivity contribution in [3.8, 4) is 0 Å². The van der Waals surface area contributed by atoms with Crippen LogP contribution in [-0.2, 0) is 27.0 Å². The van der Waals surface area contributed by atoms with Crippen LogP contribution in [0.4, 0.5) is 26.3 Å². The SMILES string of the molecule is CC(C)N(C)[C@@H]1CC[C@H](N2CCC(NC(=O)c3cc(C(F)(F)F)cc(C(F)(F)F)c3)C2=O)[C@H](CS(C)(=O)=O)C1. The number of halogens is 6. The molecule has 14 heteroatoms. The molecular formula is C25H33F6N3O4S. The van der Waals surface area contributed by atoms with Crippen molar-refractivity contribution < 1.29 is 44.3 Å². The summed E-state index contributed by atoms with van der Waals surface area (Å²) in [6.45, 7) is 4.23. The Hall–Kier alpha value is -2.35. The minimum Gasteiger partial charge on any atom is -0.340 e. The molecule has 2 amide bonds. The minimum atomic E-state index is -5.12. The lowest BCUT2D eigenvalue weighted by molar-refractivity contribution is -0.143. The summed E-state index contributed by atoms with van der Waals surface area (Å²) in [5.74, 6) is -2.27. The number of nitrogens with one attached hydrogen (secondary N) is 1. The average molecular weight is 586 g/mol. The molecule has 1 saturated carbocycles. The molecule has 0 spiro atoms. The Morgan fingerprint density at radius 2 is 1.62 bits per heavy atom. The van der Waals surface area contributed by atoms with Gasteiger partial charge in [-0.3, -0.25) is 9.59 Å². The van der Waals surface area contributed by atoms with Crippen LogP contribution in [0.5, 0.6) is 0 Å². The average Bonchev–Trinajstić information content (AvgIpc) is 3.15. The first kappa shape index (κ1) is 31.2. The first-order valence-electron chi connectivity index (χ1n) is 12.6. The third kappa shape index (κ3) is 7.65. The minimum absolute atomic E-state index is 0.0752. The highest BCUT2D eigenvalue weighted by atomic mass is 32.2. The zero-order valence-electron chi connectivity index (χ0n) is 22.1. The molecule has 0 aromatic heterocycles. The molecule has 2 fully saturated rings. The predicted molar refractivity (Wildman–Crippen MR) is 132 cm³/mol. The van der Waals surface area contributed by atoms with Crippen LogP contribution in [-0.4, -0.2) is 79.8 Å². The van der Waals surface area contributed by atoms with Gasteiger partial charge < -0.3 is 15.1 Å². The van der Waals surface area contributed by atoms with Crippen molar-refractivity contribution in [3.63, 3.8) is 0 Å². The molecule has 4 atom stereocenters. The summed E-state index contributed by atoms with van der Waals surface area (Å²) in [5, 5.41) is 2.29. The molecule has 0 radical (unpaired) electrons. The molecule has 1 aromatic carbocycles. The van der Waals surface area contributed by atoms with E-state index in [1.807, 2.05) is 20.9 Å². The van der Waals surface area contributed by atoms with Gasteiger partial charge in [0.05, 0.1) is 16.9 Å². The van der Waals surface area contributed by atoms with E-state index in [4.69, 9.17) is 0 Å². The number of nitrogens with zero attached hydrogens (tertiary/aromatic N) is 2. The Bertz CT molecular complexity index is 1150. The fraction of sp³-hybridized carbons (Fsp3) is 0.680. The van der Waals surface area contributed by atoms with Gasteiger partial charge in [-0.2, -0.15) is 26.3 Å². The van der Waals surface area contributed by atoms with Gasteiger partial charge in [-0.1, -0.05) is 0 Å². The van der Waals surface area contributed by atoms with E-state index in [0.717, 1.165) is 6.26 Å². The predicted octanol–water partition coefficient (Wildman–Crippen LogP) is 3.98. The number of sulfone groups is 1. The lowest BCUT2D eigenvalue weighted by Gasteiger charge is -2.44. The van der Waals surface area contributed by atoms with Crippen molar-refractivity contribution in [2.45, 2.75) is 76.1 Å². The van der Waals surface area contributed by atoms with E-state index in [2.05, 4.69) is 10.2 Å². The standard InChI is InChI=1S/C25H33F6N3O4S/c1-14(2)33(3)19-5-6-21(16(11-19)13-39(4,37)38)34-8-7-20(23(34)36)32-22(35)15-9-17(24(26,27)28)12-18(10-15)25(29,30)31/h9-10,12,14,16,19-21H,5-8,11,13H2,1-4H3,(H,32,35)/t16-,19+,20?,21-/m0/s1. The number of carbonyl (C=O) groups excluding carboxylic acids is 2. The molecule has 1 aromatic rings. The second-order valence-electron chi connectivity index (χ2n) is 10.8. The summed E-state index contributed by atoms with van der Waals surface area (Å²) < 4.78 is 104. The quantitative estimate of drug-likeness (QED) is 0.490. The maximum Gasteiger partial charge on any atom is 0.416 e. The van der Waals surface area contributed by atoms with Gasteiger partial charge in [-0.05, 0) is 70.7 Å². The summed E-state index contributed by atoms with van der Waals surface area (Å²) in [5.41, 5.74) is -4.13. The summed E-state index contributed by atoms with van der Waals surface area (Å²) in [6.07, 6.45) is -7.24. The van der Waals surface area contributed by atoms with E-state index in [-0.39, 0.29) is 42.8 Å². The number of hydrogen-bond donors (Lipinski definition) is 1. The Balaban J connectivity index is 1.79. The number of alkyl halides is 6. The highest BCUT2D eigenvalue weighted by molar-refractivity contribution is 7.90. The number of rotatable bonds is 7. The van der Waals surface area contributed by atoms with Crippen molar-refractivity contribution in [1.29, 1.82) is 0 Å². The fourth-order valence-electron chi connectivity index (χ4n) is 5.49. The van der Waals surface area contributed by atoms with Crippen LogP contribution in [0, 0.1) is 5.92 Å². The van der Waals surface area contributed by atoms with Crippen LogP contribution in [0.25, 0.3) is 0 Å². The fourth-order valence-corrected chi connectivity index (χ4v) is 6.62. The molecule has 1 N–H and O–H groups in total. The lowest BCUT2D eigenvalue weighted by atomic mass is 9.81. The maximum atomic E-state index is 13.3. The zero-order valence-corrected chi connectivity index (χ0v) is 22.9. The number of likely N-dealkylation sites (tertiary alicyclic amines) is 1. The van der Waals surface area contributed by atoms with Crippen LogP contribution >= 0.6 is 0 Å². The van der Waals surface area contributed by atoms with Gasteiger partial charge in [0, 0.05) is 36.5 Å². The van der Waals surface area contributed by atoms with E-state index in [1.54, 1.807) is 0 Å². The molecule has 7 nitrogen and oxygen atoms in total. The number of hydrogen-bond acceptors (Lipinski definition) is 5. The van der Waals surface area contributed by atoms with Crippen molar-refractivity contribution in [3.05, 3.63) is 34.9 Å². The van der Waals surface area contributed by atoms with Gasteiger partial charge in [-0.25, -0.2) is 8.42 Å². The molecule has 1 unspecified atom stereocenters. The smallest absolute Gasteiger partial charge is 0.340 e. The molecule has 1 saturated heterocycles. The van der Waals surface area contributed by atoms with E-state index in [0.29, 0.717) is 31.4 Å². The van der Waals surface area contributed by atoms with Crippen molar-refractivity contribution in [1.82, 2.24) is 15.1 Å². The van der Waals surface area contributed by atoms with Crippen molar-refractivity contribution >= 4 is 21.7 Å². The van der Waals surface area contributed by atoms with Gasteiger partial charge >= 0.3 is 12.4 Å². The van der Waals surface area contributed by atoms with Gasteiger partial charge in [0.25, 0.3) is 5.91 Å². The third-order valence-electron chi connectivity index (χ3n) is 7.62. The molecule has 220 valence electrons. The van der Waals surface area contributed by atoms with E-state index in [9.17, 15) is 44.3 Å². The molecule has 1 aliphatic carbocycles. The van der Waals surface area contributed by atoms with E-state index >= 15 is 0 Å². The molecule has 1 aliphatic heterocycles. The highest BCUT2D eigenvalue weighted by Gasteiger charge is 2.44. The largest absolute Gasteiger partial charge is 0.416 e. The molecular weight excluding hydrogens is 552 g/mol. The van der Waals surface area contributed by atoms with Gasteiger partial charge in [-0.15, -0.1) is 0 Å². The maximum absolute atomic E-state index is 13.3. The topological polar surface area (TPSA) is 86.8 Å². The Labute approximate surface area is 223 Å². The molecule has 39 heavy (non-hydrogen) atoms. The van der Waals surface area contributed by atoms with Crippen LogP contribution in [0.2, 0.25) is 0 Å².